The van der Waals surface area contributed by atoms with Crippen LogP contribution in [-0.2, 0) is 14.3 Å². The van der Waals surface area contributed by atoms with Gasteiger partial charge in [0.15, 0.2) is 6.29 Å². The molecule has 0 aromatic carbocycles. The molecule has 56 heavy (non-hydrogen) atoms. The Morgan fingerprint density at radius 1 is 0.589 bits per heavy atom. The van der Waals surface area contributed by atoms with Crippen molar-refractivity contribution in [3.8, 4) is 0 Å². The van der Waals surface area contributed by atoms with E-state index < -0.39 is 49.5 Å². The van der Waals surface area contributed by atoms with Crippen molar-refractivity contribution in [2.24, 2.45) is 0 Å². The lowest BCUT2D eigenvalue weighted by molar-refractivity contribution is -0.302. The minimum absolute atomic E-state index is 0.198. The summed E-state index contributed by atoms with van der Waals surface area (Å²) in [6.07, 6.45) is 39.1. The maximum atomic E-state index is 12.9. The highest BCUT2D eigenvalue weighted by molar-refractivity contribution is 5.76. The number of aliphatic hydroxyl groups excluding tert-OH is 5. The molecule has 0 aromatic heterocycles. The third-order valence-electron chi connectivity index (χ3n) is 10.9. The van der Waals surface area contributed by atoms with Crippen molar-refractivity contribution >= 4 is 5.91 Å². The molecule has 6 N–H and O–H groups in total. The lowest BCUT2D eigenvalue weighted by atomic mass is 9.99. The molecule has 0 aliphatic carbocycles. The van der Waals surface area contributed by atoms with Gasteiger partial charge in [0.25, 0.3) is 0 Å². The number of allylic oxidation sites excluding steroid dienone is 5. The molecule has 0 spiro atoms. The summed E-state index contributed by atoms with van der Waals surface area (Å²) in [5.41, 5.74) is 0. The maximum Gasteiger partial charge on any atom is 0.220 e. The molecule has 328 valence electrons. The quantitative estimate of drug-likeness (QED) is 0.0268. The SMILES string of the molecule is CCCCC/C=C\CCCCCCCC(=O)NC(COC1OC(CO)C(O)C(O)C1O)C(O)/C=C/CC/C=C/CCCCCCCCCCCCCCCCC. The van der Waals surface area contributed by atoms with Crippen LogP contribution in [0.3, 0.4) is 0 Å². The third-order valence-corrected chi connectivity index (χ3v) is 10.9. The lowest BCUT2D eigenvalue weighted by Crippen LogP contribution is -2.60. The van der Waals surface area contributed by atoms with Crippen molar-refractivity contribution in [3.63, 3.8) is 0 Å². The molecule has 1 heterocycles. The zero-order chi connectivity index (χ0) is 40.9. The minimum atomic E-state index is -1.57. The van der Waals surface area contributed by atoms with E-state index in [1.165, 1.54) is 122 Å². The fourth-order valence-corrected chi connectivity index (χ4v) is 7.17. The molecule has 1 aliphatic rings. The van der Waals surface area contributed by atoms with Crippen LogP contribution in [0.5, 0.6) is 0 Å². The van der Waals surface area contributed by atoms with E-state index in [4.69, 9.17) is 9.47 Å². The van der Waals surface area contributed by atoms with Gasteiger partial charge in [-0.05, 0) is 57.8 Å². The number of aliphatic hydroxyl groups is 5. The number of rotatable bonds is 38. The molecular formula is C47H87NO8. The van der Waals surface area contributed by atoms with Crippen molar-refractivity contribution < 1.29 is 39.8 Å². The first-order valence-corrected chi connectivity index (χ1v) is 23.2. The minimum Gasteiger partial charge on any atom is -0.394 e. The van der Waals surface area contributed by atoms with Crippen LogP contribution in [-0.4, -0.2) is 87.5 Å². The van der Waals surface area contributed by atoms with E-state index in [1.807, 2.05) is 6.08 Å². The van der Waals surface area contributed by atoms with Crippen LogP contribution in [0.15, 0.2) is 36.5 Å². The van der Waals surface area contributed by atoms with Crippen LogP contribution in [0, 0.1) is 0 Å². The number of nitrogens with one attached hydrogen (secondary N) is 1. The Kier molecular flexibility index (Phi) is 35.3. The number of hydrogen-bond donors (Lipinski definition) is 6. The summed E-state index contributed by atoms with van der Waals surface area (Å²) in [5, 5.41) is 54.1. The van der Waals surface area contributed by atoms with Gasteiger partial charge in [-0.1, -0.05) is 172 Å². The summed E-state index contributed by atoms with van der Waals surface area (Å²) in [4.78, 5) is 12.9. The predicted octanol–water partition coefficient (Wildman–Crippen LogP) is 9.67. The molecule has 0 aromatic rings. The second kappa shape index (κ2) is 37.7. The van der Waals surface area contributed by atoms with E-state index in [2.05, 4.69) is 43.5 Å². The topological polar surface area (TPSA) is 149 Å². The number of unbranched alkanes of at least 4 members (excludes halogenated alkanes) is 24. The Balaban J connectivity index is 2.36. The first kappa shape index (κ1) is 52.4. The number of carbonyl (C=O) groups is 1. The average molecular weight is 794 g/mol. The molecule has 1 fully saturated rings. The van der Waals surface area contributed by atoms with Crippen molar-refractivity contribution in [2.45, 2.75) is 243 Å². The van der Waals surface area contributed by atoms with Gasteiger partial charge in [0, 0.05) is 6.42 Å². The molecule has 7 unspecified atom stereocenters. The highest BCUT2D eigenvalue weighted by atomic mass is 16.7. The summed E-state index contributed by atoms with van der Waals surface area (Å²) < 4.78 is 11.2. The van der Waals surface area contributed by atoms with Crippen molar-refractivity contribution in [3.05, 3.63) is 36.5 Å². The highest BCUT2D eigenvalue weighted by Crippen LogP contribution is 2.22. The molecule has 0 saturated carbocycles. The van der Waals surface area contributed by atoms with Gasteiger partial charge >= 0.3 is 0 Å². The molecule has 7 atom stereocenters. The third kappa shape index (κ3) is 27.9. The fraction of sp³-hybridized carbons (Fsp3) is 0.851. The molecule has 9 heteroatoms. The van der Waals surface area contributed by atoms with E-state index in [9.17, 15) is 30.3 Å². The Bertz CT molecular complexity index is 972. The average Bonchev–Trinajstić information content (AvgIpc) is 3.20. The van der Waals surface area contributed by atoms with Crippen LogP contribution in [0.1, 0.15) is 200 Å². The Labute approximate surface area is 342 Å². The van der Waals surface area contributed by atoms with Crippen LogP contribution in [0.4, 0.5) is 0 Å². The maximum absolute atomic E-state index is 12.9. The second-order valence-electron chi connectivity index (χ2n) is 16.2. The smallest absolute Gasteiger partial charge is 0.220 e. The molecule has 1 saturated heterocycles. The number of amides is 1. The second-order valence-corrected chi connectivity index (χ2v) is 16.2. The van der Waals surface area contributed by atoms with Crippen LogP contribution in [0.2, 0.25) is 0 Å². The molecule has 0 radical (unpaired) electrons. The van der Waals surface area contributed by atoms with Gasteiger partial charge in [-0.3, -0.25) is 4.79 Å². The van der Waals surface area contributed by atoms with E-state index in [1.54, 1.807) is 6.08 Å². The van der Waals surface area contributed by atoms with E-state index in [0.29, 0.717) is 6.42 Å². The van der Waals surface area contributed by atoms with E-state index in [0.717, 1.165) is 57.8 Å². The van der Waals surface area contributed by atoms with Crippen LogP contribution < -0.4 is 5.32 Å². The molecule has 9 nitrogen and oxygen atoms in total. The standard InChI is InChI=1S/C47H87NO8/c1-3-5-7-9-11-13-15-17-18-19-20-21-22-23-24-25-26-28-30-32-34-36-41(50)40(39-55-47-46(54)45(53)44(52)42(38-49)56-47)48-43(51)37-35-33-31-29-27-16-14-12-10-8-6-4-2/h12,14,26,28,34,36,40-42,44-47,49-50,52-54H,3-11,13,15-25,27,29-33,35,37-39H2,1-2H3,(H,48,51)/b14-12-,28-26+,36-34+. The molecular weight excluding hydrogens is 707 g/mol. The van der Waals surface area contributed by atoms with E-state index >= 15 is 0 Å². The highest BCUT2D eigenvalue weighted by Gasteiger charge is 2.44. The fourth-order valence-electron chi connectivity index (χ4n) is 7.17. The zero-order valence-corrected chi connectivity index (χ0v) is 35.9. The summed E-state index contributed by atoms with van der Waals surface area (Å²) in [5.74, 6) is -0.198. The van der Waals surface area contributed by atoms with Gasteiger partial charge < -0.3 is 40.3 Å². The molecule has 0 bridgehead atoms. The normalized spacial score (nSPS) is 21.4. The van der Waals surface area contributed by atoms with Crippen LogP contribution in [0.25, 0.3) is 0 Å². The van der Waals surface area contributed by atoms with Gasteiger partial charge in [0.05, 0.1) is 25.4 Å². The van der Waals surface area contributed by atoms with Gasteiger partial charge in [-0.2, -0.15) is 0 Å². The Morgan fingerprint density at radius 2 is 1.02 bits per heavy atom. The van der Waals surface area contributed by atoms with Gasteiger partial charge in [-0.15, -0.1) is 0 Å². The van der Waals surface area contributed by atoms with Gasteiger partial charge in [0.1, 0.15) is 24.4 Å². The molecule has 1 amide bonds. The van der Waals surface area contributed by atoms with Crippen LogP contribution >= 0.6 is 0 Å². The Hall–Kier alpha value is -1.59. The zero-order valence-electron chi connectivity index (χ0n) is 35.9. The first-order chi connectivity index (χ1) is 27.3. The molecule has 1 aliphatic heterocycles. The largest absolute Gasteiger partial charge is 0.394 e. The number of carbonyl (C=O) groups excluding carboxylic acids is 1. The van der Waals surface area contributed by atoms with Gasteiger partial charge in [0.2, 0.25) is 5.91 Å². The van der Waals surface area contributed by atoms with Crippen molar-refractivity contribution in [2.75, 3.05) is 13.2 Å². The molecule has 1 rings (SSSR count). The number of ether oxygens (including phenoxy) is 2. The summed E-state index contributed by atoms with van der Waals surface area (Å²) in [7, 11) is 0. The summed E-state index contributed by atoms with van der Waals surface area (Å²) in [6, 6.07) is -0.823. The van der Waals surface area contributed by atoms with Crippen molar-refractivity contribution in [1.29, 1.82) is 0 Å². The lowest BCUT2D eigenvalue weighted by Gasteiger charge is -2.40. The number of hydrogen-bond acceptors (Lipinski definition) is 8. The van der Waals surface area contributed by atoms with Gasteiger partial charge in [-0.25, -0.2) is 0 Å². The first-order valence-electron chi connectivity index (χ1n) is 23.2. The monoisotopic (exact) mass is 794 g/mol. The summed E-state index contributed by atoms with van der Waals surface area (Å²) in [6.45, 7) is 3.72. The van der Waals surface area contributed by atoms with E-state index in [-0.39, 0.29) is 12.5 Å². The predicted molar refractivity (Wildman–Crippen MR) is 230 cm³/mol. The summed E-state index contributed by atoms with van der Waals surface area (Å²) >= 11 is 0. The Morgan fingerprint density at radius 3 is 1.54 bits per heavy atom. The van der Waals surface area contributed by atoms with Crippen molar-refractivity contribution in [1.82, 2.24) is 5.32 Å².